The molecule has 0 aliphatic carbocycles. The molecule has 1 aromatic rings. The topological polar surface area (TPSA) is 47.5 Å². The highest BCUT2D eigenvalue weighted by molar-refractivity contribution is 5.48. The van der Waals surface area contributed by atoms with Gasteiger partial charge in [0.15, 0.2) is 5.82 Å². The average molecular weight is 265 g/mol. The summed E-state index contributed by atoms with van der Waals surface area (Å²) in [5.74, 6) is 1.43. The van der Waals surface area contributed by atoms with E-state index in [1.54, 1.807) is 12.4 Å². The van der Waals surface area contributed by atoms with Crippen LogP contribution in [0.25, 0.3) is 0 Å². The van der Waals surface area contributed by atoms with Crippen LogP contribution in [0.1, 0.15) is 34.1 Å². The predicted octanol–water partition coefficient (Wildman–Crippen LogP) is 2.27. The lowest BCUT2D eigenvalue weighted by molar-refractivity contribution is -0.0444. The smallest absolute Gasteiger partial charge is 0.257 e. The molecule has 0 bridgehead atoms. The molecule has 0 saturated carbocycles. The summed E-state index contributed by atoms with van der Waals surface area (Å²) >= 11 is 0. The highest BCUT2D eigenvalue weighted by Gasteiger charge is 2.32. The molecule has 1 unspecified atom stereocenters. The Morgan fingerprint density at radius 3 is 2.84 bits per heavy atom. The number of anilines is 1. The van der Waals surface area contributed by atoms with Gasteiger partial charge >= 0.3 is 0 Å². The molecule has 1 aliphatic heterocycles. The molecule has 5 nitrogen and oxygen atoms in total. The van der Waals surface area contributed by atoms with Crippen molar-refractivity contribution >= 4 is 5.82 Å². The van der Waals surface area contributed by atoms with Gasteiger partial charge in [-0.15, -0.1) is 0 Å². The normalized spacial score (nSPS) is 23.7. The van der Waals surface area contributed by atoms with Crippen LogP contribution in [0.4, 0.5) is 5.82 Å². The molecule has 0 aromatic carbocycles. The van der Waals surface area contributed by atoms with Crippen LogP contribution >= 0.6 is 0 Å². The quantitative estimate of drug-likeness (QED) is 0.835. The lowest BCUT2D eigenvalue weighted by atomic mass is 10.0. The van der Waals surface area contributed by atoms with Gasteiger partial charge in [-0.05, 0) is 27.2 Å². The fourth-order valence-corrected chi connectivity index (χ4v) is 2.17. The molecule has 1 aromatic heterocycles. The molecular weight excluding hydrogens is 242 g/mol. The fourth-order valence-electron chi connectivity index (χ4n) is 2.17. The zero-order valence-electron chi connectivity index (χ0n) is 12.2. The van der Waals surface area contributed by atoms with E-state index in [4.69, 9.17) is 9.47 Å². The highest BCUT2D eigenvalue weighted by atomic mass is 16.5. The summed E-state index contributed by atoms with van der Waals surface area (Å²) in [4.78, 5) is 10.9. The van der Waals surface area contributed by atoms with Crippen LogP contribution in [-0.4, -0.2) is 41.4 Å². The van der Waals surface area contributed by atoms with E-state index in [1.807, 2.05) is 13.8 Å². The van der Waals surface area contributed by atoms with Crippen molar-refractivity contribution in [1.29, 1.82) is 0 Å². The SMILES string of the molecule is CCC1(C)CN(c2nccnc2OC(C)C)CCO1. The first-order valence-electron chi connectivity index (χ1n) is 6.90. The second-order valence-electron chi connectivity index (χ2n) is 5.43. The number of hydrogen-bond donors (Lipinski definition) is 0. The molecule has 1 fully saturated rings. The Bertz CT molecular complexity index is 425. The van der Waals surface area contributed by atoms with Crippen LogP contribution in [0.15, 0.2) is 12.4 Å². The largest absolute Gasteiger partial charge is 0.472 e. The Morgan fingerprint density at radius 2 is 2.16 bits per heavy atom. The number of morpholine rings is 1. The fraction of sp³-hybridized carbons (Fsp3) is 0.714. The van der Waals surface area contributed by atoms with E-state index in [2.05, 4.69) is 28.7 Å². The first kappa shape index (κ1) is 14.1. The average Bonchev–Trinajstić information content (AvgIpc) is 2.39. The maximum atomic E-state index is 5.86. The van der Waals surface area contributed by atoms with E-state index in [-0.39, 0.29) is 11.7 Å². The zero-order valence-corrected chi connectivity index (χ0v) is 12.2. The van der Waals surface area contributed by atoms with Gasteiger partial charge in [0.1, 0.15) is 0 Å². The molecule has 5 heteroatoms. The summed E-state index contributed by atoms with van der Waals surface area (Å²) in [6.07, 6.45) is 4.44. The highest BCUT2D eigenvalue weighted by Crippen LogP contribution is 2.29. The molecule has 19 heavy (non-hydrogen) atoms. The van der Waals surface area contributed by atoms with E-state index < -0.39 is 0 Å². The van der Waals surface area contributed by atoms with Crippen LogP contribution < -0.4 is 9.64 Å². The number of hydrogen-bond acceptors (Lipinski definition) is 5. The number of rotatable bonds is 4. The molecule has 0 spiro atoms. The summed E-state index contributed by atoms with van der Waals surface area (Å²) in [7, 11) is 0. The first-order valence-corrected chi connectivity index (χ1v) is 6.90. The van der Waals surface area contributed by atoms with Gasteiger partial charge in [-0.25, -0.2) is 9.97 Å². The van der Waals surface area contributed by atoms with Crippen molar-refractivity contribution in [2.24, 2.45) is 0 Å². The molecule has 0 radical (unpaired) electrons. The number of ether oxygens (including phenoxy) is 2. The van der Waals surface area contributed by atoms with Crippen molar-refractivity contribution in [3.63, 3.8) is 0 Å². The standard InChI is InChI=1S/C14H23N3O2/c1-5-14(4)10-17(8-9-18-14)12-13(19-11(2)3)16-7-6-15-12/h6-7,11H,5,8-10H2,1-4H3. The summed E-state index contributed by atoms with van der Waals surface area (Å²) in [6.45, 7) is 10.6. The van der Waals surface area contributed by atoms with Gasteiger partial charge < -0.3 is 14.4 Å². The maximum absolute atomic E-state index is 5.86. The molecule has 2 heterocycles. The van der Waals surface area contributed by atoms with Crippen LogP contribution in [0, 0.1) is 0 Å². The van der Waals surface area contributed by atoms with Gasteiger partial charge in [0.25, 0.3) is 5.88 Å². The van der Waals surface area contributed by atoms with Crippen molar-refractivity contribution in [3.8, 4) is 5.88 Å². The van der Waals surface area contributed by atoms with E-state index in [1.165, 1.54) is 0 Å². The number of nitrogens with zero attached hydrogens (tertiary/aromatic N) is 3. The Kier molecular flexibility index (Phi) is 4.24. The Labute approximate surface area is 115 Å². The third kappa shape index (κ3) is 3.35. The van der Waals surface area contributed by atoms with Crippen LogP contribution in [0.2, 0.25) is 0 Å². The summed E-state index contributed by atoms with van der Waals surface area (Å²) in [5.41, 5.74) is -0.120. The van der Waals surface area contributed by atoms with Crippen molar-refractivity contribution in [2.75, 3.05) is 24.6 Å². The van der Waals surface area contributed by atoms with Crippen molar-refractivity contribution in [2.45, 2.75) is 45.8 Å². The van der Waals surface area contributed by atoms with Crippen molar-refractivity contribution < 1.29 is 9.47 Å². The Hall–Kier alpha value is -1.36. The van der Waals surface area contributed by atoms with Gasteiger partial charge in [0, 0.05) is 25.5 Å². The van der Waals surface area contributed by atoms with Crippen molar-refractivity contribution in [3.05, 3.63) is 12.4 Å². The Balaban J connectivity index is 2.21. The van der Waals surface area contributed by atoms with Gasteiger partial charge in [0.05, 0.1) is 18.3 Å². The second kappa shape index (κ2) is 5.74. The van der Waals surface area contributed by atoms with E-state index in [0.717, 1.165) is 25.3 Å². The second-order valence-corrected chi connectivity index (χ2v) is 5.43. The zero-order chi connectivity index (χ0) is 13.9. The molecule has 0 amide bonds. The molecule has 1 saturated heterocycles. The molecule has 106 valence electrons. The van der Waals surface area contributed by atoms with Crippen LogP contribution in [0.3, 0.4) is 0 Å². The number of aromatic nitrogens is 2. The minimum Gasteiger partial charge on any atom is -0.472 e. The molecule has 2 rings (SSSR count). The van der Waals surface area contributed by atoms with Crippen LogP contribution in [0.5, 0.6) is 5.88 Å². The van der Waals surface area contributed by atoms with Gasteiger partial charge in [-0.3, -0.25) is 0 Å². The molecule has 0 N–H and O–H groups in total. The monoisotopic (exact) mass is 265 g/mol. The third-order valence-corrected chi connectivity index (χ3v) is 3.38. The minimum atomic E-state index is -0.120. The third-order valence-electron chi connectivity index (χ3n) is 3.38. The van der Waals surface area contributed by atoms with Gasteiger partial charge in [-0.1, -0.05) is 6.92 Å². The Morgan fingerprint density at radius 1 is 1.42 bits per heavy atom. The summed E-state index contributed by atoms with van der Waals surface area (Å²) < 4.78 is 11.6. The molecule has 1 atom stereocenters. The minimum absolute atomic E-state index is 0.0917. The first-order chi connectivity index (χ1) is 9.04. The molecule has 1 aliphatic rings. The van der Waals surface area contributed by atoms with Gasteiger partial charge in [-0.2, -0.15) is 0 Å². The summed E-state index contributed by atoms with van der Waals surface area (Å²) in [5, 5.41) is 0. The maximum Gasteiger partial charge on any atom is 0.257 e. The van der Waals surface area contributed by atoms with Crippen molar-refractivity contribution in [1.82, 2.24) is 9.97 Å². The van der Waals surface area contributed by atoms with E-state index >= 15 is 0 Å². The van der Waals surface area contributed by atoms with E-state index in [0.29, 0.717) is 12.5 Å². The van der Waals surface area contributed by atoms with E-state index in [9.17, 15) is 0 Å². The lowest BCUT2D eigenvalue weighted by Crippen LogP contribution is -2.50. The lowest BCUT2D eigenvalue weighted by Gasteiger charge is -2.40. The predicted molar refractivity (Wildman–Crippen MR) is 74.7 cm³/mol. The van der Waals surface area contributed by atoms with Gasteiger partial charge in [0.2, 0.25) is 0 Å². The van der Waals surface area contributed by atoms with Crippen LogP contribution in [-0.2, 0) is 4.74 Å². The molecular formula is C14H23N3O2. The summed E-state index contributed by atoms with van der Waals surface area (Å²) in [6, 6.07) is 0.